The predicted octanol–water partition coefficient (Wildman–Crippen LogP) is 5.07. The lowest BCUT2D eigenvalue weighted by molar-refractivity contribution is 0.515. The van der Waals surface area contributed by atoms with Crippen LogP contribution in [0.25, 0.3) is 0 Å². The second-order valence-electron chi connectivity index (χ2n) is 6.65. The minimum absolute atomic E-state index is 0.583. The normalized spacial score (nSPS) is 26.4. The molecule has 2 aliphatic carbocycles. The molecule has 21 heavy (non-hydrogen) atoms. The predicted molar refractivity (Wildman–Crippen MR) is 95.9 cm³/mol. The first-order valence-electron chi connectivity index (χ1n) is 8.48. The van der Waals surface area contributed by atoms with Gasteiger partial charge in [0, 0.05) is 18.9 Å². The van der Waals surface area contributed by atoms with E-state index in [0.717, 1.165) is 17.6 Å². The van der Waals surface area contributed by atoms with Gasteiger partial charge in [-0.15, -0.1) is 0 Å². The van der Waals surface area contributed by atoms with Crippen molar-refractivity contribution in [2.45, 2.75) is 70.1 Å². The highest BCUT2D eigenvalue weighted by Crippen LogP contribution is 2.41. The number of nitrogens with one attached hydrogen (secondary N) is 1. The number of anilines is 1. The van der Waals surface area contributed by atoms with Crippen LogP contribution in [0, 0.1) is 9.49 Å². The number of hydrogen-bond donors (Lipinski definition) is 1. The van der Waals surface area contributed by atoms with Crippen molar-refractivity contribution >= 4 is 28.4 Å². The Bertz CT molecular complexity index is 497. The third kappa shape index (κ3) is 3.20. The summed E-state index contributed by atoms with van der Waals surface area (Å²) >= 11 is 2.43. The molecule has 0 spiro atoms. The third-order valence-electron chi connectivity index (χ3n) is 5.36. The van der Waals surface area contributed by atoms with Gasteiger partial charge in [0.1, 0.15) is 11.6 Å². The van der Waals surface area contributed by atoms with E-state index in [1.807, 2.05) is 7.05 Å². The molecule has 0 amide bonds. The van der Waals surface area contributed by atoms with Crippen molar-refractivity contribution in [3.05, 3.63) is 15.1 Å². The van der Waals surface area contributed by atoms with Gasteiger partial charge >= 0.3 is 0 Å². The number of rotatable bonds is 4. The SMILES string of the molecule is CCC1CCC(c2nc(NC)c(I)c(C3CCCC3)n2)C1. The van der Waals surface area contributed by atoms with Gasteiger partial charge in [0.2, 0.25) is 0 Å². The molecule has 2 unspecified atom stereocenters. The molecule has 2 aliphatic rings. The second kappa shape index (κ2) is 6.80. The van der Waals surface area contributed by atoms with Crippen LogP contribution in [0.15, 0.2) is 0 Å². The highest BCUT2D eigenvalue weighted by Gasteiger charge is 2.30. The highest BCUT2D eigenvalue weighted by molar-refractivity contribution is 14.1. The maximum atomic E-state index is 5.06. The summed E-state index contributed by atoms with van der Waals surface area (Å²) in [5.41, 5.74) is 1.32. The van der Waals surface area contributed by atoms with Gasteiger partial charge in [-0.05, 0) is 60.6 Å². The molecular formula is C17H26IN3. The van der Waals surface area contributed by atoms with Crippen LogP contribution in [0.2, 0.25) is 0 Å². The van der Waals surface area contributed by atoms with Crippen LogP contribution in [0.4, 0.5) is 5.82 Å². The molecule has 1 aromatic rings. The molecule has 1 heterocycles. The Morgan fingerprint density at radius 2 is 1.86 bits per heavy atom. The Balaban J connectivity index is 1.91. The van der Waals surface area contributed by atoms with Gasteiger partial charge in [-0.1, -0.05) is 26.2 Å². The quantitative estimate of drug-likeness (QED) is 0.718. The first kappa shape index (κ1) is 15.5. The largest absolute Gasteiger partial charge is 0.372 e. The highest BCUT2D eigenvalue weighted by atomic mass is 127. The van der Waals surface area contributed by atoms with E-state index in [1.54, 1.807) is 0 Å². The van der Waals surface area contributed by atoms with Crippen LogP contribution in [0.1, 0.15) is 81.6 Å². The average molecular weight is 399 g/mol. The molecule has 116 valence electrons. The van der Waals surface area contributed by atoms with Gasteiger partial charge in [0.05, 0.1) is 9.26 Å². The van der Waals surface area contributed by atoms with Crippen molar-refractivity contribution in [3.8, 4) is 0 Å². The van der Waals surface area contributed by atoms with Gasteiger partial charge in [0.15, 0.2) is 0 Å². The summed E-state index contributed by atoms with van der Waals surface area (Å²) in [6.45, 7) is 2.31. The maximum Gasteiger partial charge on any atom is 0.143 e. The maximum absolute atomic E-state index is 5.06. The van der Waals surface area contributed by atoms with E-state index in [9.17, 15) is 0 Å². The van der Waals surface area contributed by atoms with Crippen LogP contribution < -0.4 is 5.32 Å². The lowest BCUT2D eigenvalue weighted by atomic mass is 10.0. The number of halogens is 1. The molecule has 0 aromatic carbocycles. The zero-order chi connectivity index (χ0) is 14.8. The molecule has 2 fully saturated rings. The molecule has 0 radical (unpaired) electrons. The molecule has 2 saturated carbocycles. The van der Waals surface area contributed by atoms with E-state index in [-0.39, 0.29) is 0 Å². The fraction of sp³-hybridized carbons (Fsp3) is 0.765. The summed E-state index contributed by atoms with van der Waals surface area (Å²) in [7, 11) is 1.98. The van der Waals surface area contributed by atoms with Gasteiger partial charge in [-0.3, -0.25) is 0 Å². The minimum Gasteiger partial charge on any atom is -0.372 e. The minimum atomic E-state index is 0.583. The summed E-state index contributed by atoms with van der Waals surface area (Å²) in [6.07, 6.45) is 10.5. The first-order chi connectivity index (χ1) is 10.2. The average Bonchev–Trinajstić information content (AvgIpc) is 3.18. The van der Waals surface area contributed by atoms with Crippen molar-refractivity contribution in [1.29, 1.82) is 0 Å². The molecule has 0 saturated heterocycles. The summed E-state index contributed by atoms with van der Waals surface area (Å²) in [4.78, 5) is 9.90. The monoisotopic (exact) mass is 399 g/mol. The molecule has 0 bridgehead atoms. The van der Waals surface area contributed by atoms with Gasteiger partial charge < -0.3 is 5.32 Å². The van der Waals surface area contributed by atoms with Crippen molar-refractivity contribution in [2.24, 2.45) is 5.92 Å². The van der Waals surface area contributed by atoms with Crippen LogP contribution >= 0.6 is 22.6 Å². The fourth-order valence-corrected chi connectivity index (χ4v) is 4.93. The zero-order valence-electron chi connectivity index (χ0n) is 13.2. The summed E-state index contributed by atoms with van der Waals surface area (Å²) in [6, 6.07) is 0. The topological polar surface area (TPSA) is 37.8 Å². The zero-order valence-corrected chi connectivity index (χ0v) is 15.3. The lowest BCUT2D eigenvalue weighted by Crippen LogP contribution is -2.12. The van der Waals surface area contributed by atoms with Gasteiger partial charge in [-0.25, -0.2) is 9.97 Å². The second-order valence-corrected chi connectivity index (χ2v) is 7.72. The molecule has 3 nitrogen and oxygen atoms in total. The number of aromatic nitrogens is 2. The van der Waals surface area contributed by atoms with E-state index >= 15 is 0 Å². The van der Waals surface area contributed by atoms with Gasteiger partial charge in [-0.2, -0.15) is 0 Å². The Morgan fingerprint density at radius 3 is 2.48 bits per heavy atom. The molecule has 2 atom stereocenters. The molecule has 3 rings (SSSR count). The first-order valence-corrected chi connectivity index (χ1v) is 9.55. The molecular weight excluding hydrogens is 373 g/mol. The standard InChI is InChI=1S/C17H26IN3/c1-3-11-8-9-13(10-11)16-20-15(12-6-4-5-7-12)14(18)17(19-2)21-16/h11-13H,3-10H2,1-2H3,(H,19,20,21). The van der Waals surface area contributed by atoms with E-state index < -0.39 is 0 Å². The van der Waals surface area contributed by atoms with Crippen LogP contribution in [-0.2, 0) is 0 Å². The number of nitrogens with zero attached hydrogens (tertiary/aromatic N) is 2. The van der Waals surface area contributed by atoms with Crippen molar-refractivity contribution in [1.82, 2.24) is 9.97 Å². The van der Waals surface area contributed by atoms with Crippen LogP contribution in [-0.4, -0.2) is 17.0 Å². The molecule has 0 aliphatic heterocycles. The number of hydrogen-bond acceptors (Lipinski definition) is 3. The van der Waals surface area contributed by atoms with Crippen molar-refractivity contribution in [3.63, 3.8) is 0 Å². The fourth-order valence-electron chi connectivity index (χ4n) is 3.98. The molecule has 1 aromatic heterocycles. The van der Waals surface area contributed by atoms with E-state index in [2.05, 4.69) is 34.8 Å². The Hall–Kier alpha value is -0.390. The van der Waals surface area contributed by atoms with E-state index in [0.29, 0.717) is 11.8 Å². The molecule has 4 heteroatoms. The third-order valence-corrected chi connectivity index (χ3v) is 6.42. The summed E-state index contributed by atoms with van der Waals surface area (Å²) in [5.74, 6) is 4.28. The summed E-state index contributed by atoms with van der Waals surface area (Å²) < 4.78 is 1.25. The van der Waals surface area contributed by atoms with E-state index in [1.165, 1.54) is 60.6 Å². The van der Waals surface area contributed by atoms with Crippen molar-refractivity contribution < 1.29 is 0 Å². The molecule has 1 N–H and O–H groups in total. The Labute approximate surface area is 141 Å². The van der Waals surface area contributed by atoms with Gasteiger partial charge in [0.25, 0.3) is 0 Å². The Kier molecular flexibility index (Phi) is 5.02. The van der Waals surface area contributed by atoms with Crippen molar-refractivity contribution in [2.75, 3.05) is 12.4 Å². The van der Waals surface area contributed by atoms with Crippen LogP contribution in [0.5, 0.6) is 0 Å². The van der Waals surface area contributed by atoms with Crippen LogP contribution in [0.3, 0.4) is 0 Å². The summed E-state index contributed by atoms with van der Waals surface area (Å²) in [5, 5.41) is 3.29. The Morgan fingerprint density at radius 1 is 1.10 bits per heavy atom. The smallest absolute Gasteiger partial charge is 0.143 e. The van der Waals surface area contributed by atoms with E-state index in [4.69, 9.17) is 9.97 Å². The lowest BCUT2D eigenvalue weighted by Gasteiger charge is -2.18.